The van der Waals surface area contributed by atoms with Gasteiger partial charge in [0.25, 0.3) is 0 Å². The Bertz CT molecular complexity index is 45.4. The van der Waals surface area contributed by atoms with Crippen molar-refractivity contribution in [2.24, 2.45) is 0 Å². The maximum atomic E-state index is 8.09. The van der Waals surface area contributed by atoms with Crippen LogP contribution >= 0.6 is 34.8 Å². The lowest BCUT2D eigenvalue weighted by Crippen LogP contribution is -1.85. The van der Waals surface area contributed by atoms with E-state index in [1.165, 1.54) is 0 Å². The molecule has 0 amide bonds. The van der Waals surface area contributed by atoms with Crippen LogP contribution in [0.3, 0.4) is 0 Å². The minimum atomic E-state index is -0.750. The van der Waals surface area contributed by atoms with Crippen molar-refractivity contribution in [3.05, 3.63) is 0 Å². The van der Waals surface area contributed by atoms with Gasteiger partial charge in [-0.05, 0) is 12.8 Å². The molecule has 0 aliphatic carbocycles. The van der Waals surface area contributed by atoms with Crippen molar-refractivity contribution < 1.29 is 10.2 Å². The third kappa shape index (κ3) is 37.1. The normalized spacial score (nSPS) is 9.00. The Kier molecular flexibility index (Phi) is 16.7. The predicted molar refractivity (Wildman–Crippen MR) is 44.8 cm³/mol. The molecule has 0 aliphatic rings. The number of rotatable bonds is 3. The van der Waals surface area contributed by atoms with Crippen LogP contribution in [0.5, 0.6) is 0 Å². The van der Waals surface area contributed by atoms with Gasteiger partial charge in [0.15, 0.2) is 4.30 Å². The summed E-state index contributed by atoms with van der Waals surface area (Å²) in [5.41, 5.74) is 0. The molecule has 0 saturated carbocycles. The number of unbranched alkanes of at least 4 members (excludes halogenated alkanes) is 1. The summed E-state index contributed by atoms with van der Waals surface area (Å²) in [6.45, 7) is 0.390. The molecule has 0 spiro atoms. The first-order valence-electron chi connectivity index (χ1n) is 2.79. The van der Waals surface area contributed by atoms with Crippen molar-refractivity contribution >= 4 is 34.8 Å². The third-order valence-corrected chi connectivity index (χ3v) is 0.566. The van der Waals surface area contributed by atoms with Crippen molar-refractivity contribution in [2.45, 2.75) is 17.1 Å². The van der Waals surface area contributed by atoms with Crippen LogP contribution in [-0.2, 0) is 0 Å². The highest BCUT2D eigenvalue weighted by Crippen LogP contribution is 2.03. The summed E-state index contributed by atoms with van der Waals surface area (Å²) in [5, 5.41) is 16.2. The molecule has 0 aliphatic heterocycles. The minimum Gasteiger partial charge on any atom is -0.396 e. The number of aliphatic hydroxyl groups is 2. The fourth-order valence-electron chi connectivity index (χ4n) is 0.224. The minimum absolute atomic E-state index is 0.195. The van der Waals surface area contributed by atoms with Crippen LogP contribution in [0.4, 0.5) is 0 Å². The van der Waals surface area contributed by atoms with E-state index < -0.39 is 4.30 Å². The smallest absolute Gasteiger partial charge is 0.180 e. The standard InChI is InChI=1S/C4H10O2.CHCl3/c5-3-1-2-4-6;2-1(3)4/h5-6H,1-4H2;1H. The van der Waals surface area contributed by atoms with E-state index >= 15 is 0 Å². The van der Waals surface area contributed by atoms with E-state index in [0.29, 0.717) is 0 Å². The number of hydrogen-bond acceptors (Lipinski definition) is 2. The highest BCUT2D eigenvalue weighted by molar-refractivity contribution is 6.63. The maximum Gasteiger partial charge on any atom is 0.180 e. The summed E-state index contributed by atoms with van der Waals surface area (Å²) >= 11 is 14.4. The topological polar surface area (TPSA) is 40.5 Å². The number of aliphatic hydroxyl groups excluding tert-OH is 2. The van der Waals surface area contributed by atoms with E-state index in [9.17, 15) is 0 Å². The van der Waals surface area contributed by atoms with Gasteiger partial charge >= 0.3 is 0 Å². The fraction of sp³-hybridized carbons (Fsp3) is 1.00. The van der Waals surface area contributed by atoms with Gasteiger partial charge in [0.1, 0.15) is 0 Å². The van der Waals surface area contributed by atoms with Crippen LogP contribution in [0.15, 0.2) is 0 Å². The Morgan fingerprint density at radius 3 is 1.20 bits per heavy atom. The lowest BCUT2D eigenvalue weighted by atomic mass is 10.3. The molecular formula is C5H11Cl3O2. The van der Waals surface area contributed by atoms with Crippen molar-refractivity contribution in [2.75, 3.05) is 13.2 Å². The van der Waals surface area contributed by atoms with Crippen molar-refractivity contribution in [1.82, 2.24) is 0 Å². The second kappa shape index (κ2) is 12.5. The van der Waals surface area contributed by atoms with Crippen molar-refractivity contribution in [1.29, 1.82) is 0 Å². The van der Waals surface area contributed by atoms with Crippen molar-refractivity contribution in [3.63, 3.8) is 0 Å². The fourth-order valence-corrected chi connectivity index (χ4v) is 0.224. The average molecular weight is 209 g/mol. The monoisotopic (exact) mass is 208 g/mol. The van der Waals surface area contributed by atoms with E-state index in [0.717, 1.165) is 12.8 Å². The molecule has 0 radical (unpaired) electrons. The molecule has 0 rings (SSSR count). The summed E-state index contributed by atoms with van der Waals surface area (Å²) in [4.78, 5) is 0. The van der Waals surface area contributed by atoms with E-state index in [-0.39, 0.29) is 13.2 Å². The van der Waals surface area contributed by atoms with Crippen molar-refractivity contribution in [3.8, 4) is 0 Å². The Hall–Kier alpha value is 0.790. The zero-order chi connectivity index (χ0) is 8.41. The molecule has 0 saturated heterocycles. The van der Waals surface area contributed by atoms with Gasteiger partial charge in [-0.1, -0.05) is 34.8 Å². The summed E-state index contributed by atoms with van der Waals surface area (Å²) in [6, 6.07) is 0. The predicted octanol–water partition coefficient (Wildman–Crippen LogP) is 1.74. The molecule has 0 bridgehead atoms. The lowest BCUT2D eigenvalue weighted by molar-refractivity contribution is 0.242. The first kappa shape index (κ1) is 13.4. The highest BCUT2D eigenvalue weighted by atomic mass is 35.6. The van der Waals surface area contributed by atoms with E-state index in [2.05, 4.69) is 0 Å². The molecule has 0 fully saturated rings. The summed E-state index contributed by atoms with van der Waals surface area (Å²) in [5.74, 6) is 0. The maximum absolute atomic E-state index is 8.09. The van der Waals surface area contributed by atoms with Crippen LogP contribution in [0, 0.1) is 0 Å². The van der Waals surface area contributed by atoms with Gasteiger partial charge < -0.3 is 10.2 Å². The second-order valence-corrected chi connectivity index (χ2v) is 3.38. The first-order chi connectivity index (χ1) is 4.65. The highest BCUT2D eigenvalue weighted by Gasteiger charge is 1.79. The van der Waals surface area contributed by atoms with Crippen LogP contribution in [-0.4, -0.2) is 27.7 Å². The molecule has 0 aromatic carbocycles. The second-order valence-electron chi connectivity index (χ2n) is 1.40. The van der Waals surface area contributed by atoms with Gasteiger partial charge in [-0.2, -0.15) is 0 Å². The zero-order valence-electron chi connectivity index (χ0n) is 5.43. The van der Waals surface area contributed by atoms with E-state index in [4.69, 9.17) is 45.0 Å². The van der Waals surface area contributed by atoms with Gasteiger partial charge in [-0.25, -0.2) is 0 Å². The molecule has 0 unspecified atom stereocenters. The zero-order valence-corrected chi connectivity index (χ0v) is 7.70. The van der Waals surface area contributed by atoms with Gasteiger partial charge in [0, 0.05) is 13.2 Å². The quantitative estimate of drug-likeness (QED) is 0.549. The van der Waals surface area contributed by atoms with Crippen LogP contribution < -0.4 is 0 Å². The molecule has 0 aromatic heterocycles. The summed E-state index contributed by atoms with van der Waals surface area (Å²) < 4.78 is -0.750. The first-order valence-corrected chi connectivity index (χ1v) is 4.10. The summed E-state index contributed by atoms with van der Waals surface area (Å²) in [6.07, 6.45) is 1.44. The Morgan fingerprint density at radius 2 is 1.10 bits per heavy atom. The van der Waals surface area contributed by atoms with Crippen LogP contribution in [0.1, 0.15) is 12.8 Å². The molecule has 0 aromatic rings. The number of alkyl halides is 3. The average Bonchev–Trinajstić information content (AvgIpc) is 1.82. The van der Waals surface area contributed by atoms with Crippen LogP contribution in [0.25, 0.3) is 0 Å². The molecule has 2 nitrogen and oxygen atoms in total. The number of halogens is 3. The third-order valence-electron chi connectivity index (χ3n) is 0.566. The Labute approximate surface area is 75.7 Å². The molecular weight excluding hydrogens is 198 g/mol. The molecule has 5 heteroatoms. The number of hydrogen-bond donors (Lipinski definition) is 2. The van der Waals surface area contributed by atoms with E-state index in [1.807, 2.05) is 0 Å². The SMILES string of the molecule is ClC(Cl)Cl.OCCCCO. The van der Waals surface area contributed by atoms with Gasteiger partial charge in [-0.15, -0.1) is 0 Å². The van der Waals surface area contributed by atoms with Gasteiger partial charge in [-0.3, -0.25) is 0 Å². The lowest BCUT2D eigenvalue weighted by Gasteiger charge is -1.85. The van der Waals surface area contributed by atoms with Crippen LogP contribution in [0.2, 0.25) is 0 Å². The Balaban J connectivity index is 0. The summed E-state index contributed by atoms with van der Waals surface area (Å²) in [7, 11) is 0. The molecule has 64 valence electrons. The molecule has 0 atom stereocenters. The van der Waals surface area contributed by atoms with Gasteiger partial charge in [0.2, 0.25) is 0 Å². The van der Waals surface area contributed by atoms with E-state index in [1.54, 1.807) is 0 Å². The van der Waals surface area contributed by atoms with Gasteiger partial charge in [0.05, 0.1) is 0 Å². The largest absolute Gasteiger partial charge is 0.396 e. The molecule has 2 N–H and O–H groups in total. The molecule has 10 heavy (non-hydrogen) atoms. The Morgan fingerprint density at radius 1 is 0.900 bits per heavy atom. The molecule has 0 heterocycles.